The molecule has 1 aromatic heterocycles. The first kappa shape index (κ1) is 20.5. The third-order valence-electron chi connectivity index (χ3n) is 4.75. The van der Waals surface area contributed by atoms with Gasteiger partial charge in [-0.3, -0.25) is 9.59 Å². The molecule has 29 heavy (non-hydrogen) atoms. The predicted octanol–water partition coefficient (Wildman–Crippen LogP) is 4.02. The quantitative estimate of drug-likeness (QED) is 0.685. The Labute approximate surface area is 169 Å². The van der Waals surface area contributed by atoms with Crippen molar-refractivity contribution in [3.05, 3.63) is 63.9 Å². The molecule has 3 rings (SSSR count). The van der Waals surface area contributed by atoms with Crippen LogP contribution < -0.4 is 20.3 Å². The number of pyridine rings is 1. The number of benzene rings is 2. The molecule has 0 radical (unpaired) electrons. The zero-order valence-corrected chi connectivity index (χ0v) is 17.4. The maximum atomic E-state index is 12.5. The summed E-state index contributed by atoms with van der Waals surface area (Å²) in [5, 5.41) is 3.86. The highest BCUT2D eigenvalue weighted by atomic mass is 16.5. The molecular formula is C23H26N2O4. The highest BCUT2D eigenvalue weighted by Crippen LogP contribution is 2.30. The first-order chi connectivity index (χ1) is 13.7. The number of anilines is 1. The molecule has 1 heterocycles. The highest BCUT2D eigenvalue weighted by molar-refractivity contribution is 5.95. The van der Waals surface area contributed by atoms with E-state index in [0.717, 1.165) is 16.5 Å². The lowest BCUT2D eigenvalue weighted by Crippen LogP contribution is -2.18. The van der Waals surface area contributed by atoms with E-state index in [9.17, 15) is 9.59 Å². The van der Waals surface area contributed by atoms with Crippen molar-refractivity contribution in [2.75, 3.05) is 19.5 Å². The van der Waals surface area contributed by atoms with Crippen LogP contribution in [0, 0.1) is 0 Å². The lowest BCUT2D eigenvalue weighted by molar-refractivity contribution is -0.115. The molecule has 6 heteroatoms. The molecule has 0 bridgehead atoms. The van der Waals surface area contributed by atoms with E-state index in [1.54, 1.807) is 38.5 Å². The third-order valence-corrected chi connectivity index (χ3v) is 4.75. The number of nitrogens with one attached hydrogen (secondary N) is 2. The fourth-order valence-corrected chi connectivity index (χ4v) is 3.34. The fourth-order valence-electron chi connectivity index (χ4n) is 3.34. The van der Waals surface area contributed by atoms with Gasteiger partial charge in [0.1, 0.15) is 0 Å². The second kappa shape index (κ2) is 7.99. The number of ether oxygens (including phenoxy) is 2. The van der Waals surface area contributed by atoms with Gasteiger partial charge in [-0.1, -0.05) is 32.9 Å². The largest absolute Gasteiger partial charge is 0.493 e. The summed E-state index contributed by atoms with van der Waals surface area (Å²) in [7, 11) is 3.13. The molecular weight excluding hydrogens is 368 g/mol. The first-order valence-electron chi connectivity index (χ1n) is 9.39. The number of methoxy groups -OCH3 is 2. The number of aromatic amines is 1. The Morgan fingerprint density at radius 3 is 2.38 bits per heavy atom. The van der Waals surface area contributed by atoms with E-state index in [4.69, 9.17) is 9.47 Å². The minimum atomic E-state index is -0.162. The van der Waals surface area contributed by atoms with Gasteiger partial charge in [0.2, 0.25) is 11.5 Å². The second-order valence-corrected chi connectivity index (χ2v) is 7.97. The molecule has 0 saturated heterocycles. The van der Waals surface area contributed by atoms with Gasteiger partial charge in [-0.2, -0.15) is 0 Å². The van der Waals surface area contributed by atoms with E-state index in [-0.39, 0.29) is 23.3 Å². The Balaban J connectivity index is 1.83. The summed E-state index contributed by atoms with van der Waals surface area (Å²) >= 11 is 0. The van der Waals surface area contributed by atoms with Crippen LogP contribution in [0.1, 0.15) is 31.9 Å². The summed E-state index contributed by atoms with van der Waals surface area (Å²) in [6, 6.07) is 12.6. The minimum absolute atomic E-state index is 0.156. The van der Waals surface area contributed by atoms with Gasteiger partial charge >= 0.3 is 0 Å². The molecule has 3 aromatic rings. The Bertz CT molecular complexity index is 1110. The van der Waals surface area contributed by atoms with Crippen LogP contribution >= 0.6 is 0 Å². The van der Waals surface area contributed by atoms with Gasteiger partial charge in [0, 0.05) is 17.1 Å². The normalized spacial score (nSPS) is 11.3. The second-order valence-electron chi connectivity index (χ2n) is 7.97. The van der Waals surface area contributed by atoms with Crippen molar-refractivity contribution in [1.82, 2.24) is 4.98 Å². The van der Waals surface area contributed by atoms with Gasteiger partial charge in [0.15, 0.2) is 11.5 Å². The summed E-state index contributed by atoms with van der Waals surface area (Å²) in [5.74, 6) is 1.03. The molecule has 0 aliphatic heterocycles. The van der Waals surface area contributed by atoms with Crippen LogP contribution in [0.15, 0.2) is 47.3 Å². The van der Waals surface area contributed by atoms with E-state index >= 15 is 0 Å². The highest BCUT2D eigenvalue weighted by Gasteiger charge is 2.18. The lowest BCUT2D eigenvalue weighted by Gasteiger charge is -2.21. The van der Waals surface area contributed by atoms with Crippen molar-refractivity contribution in [1.29, 1.82) is 0 Å². The zero-order chi connectivity index (χ0) is 21.2. The van der Waals surface area contributed by atoms with Crippen molar-refractivity contribution in [2.24, 2.45) is 0 Å². The topological polar surface area (TPSA) is 80.4 Å². The smallest absolute Gasteiger partial charge is 0.248 e. The van der Waals surface area contributed by atoms with Crippen molar-refractivity contribution in [2.45, 2.75) is 32.6 Å². The Morgan fingerprint density at radius 2 is 1.72 bits per heavy atom. The van der Waals surface area contributed by atoms with Crippen LogP contribution in [-0.4, -0.2) is 25.1 Å². The maximum absolute atomic E-state index is 12.5. The summed E-state index contributed by atoms with van der Waals surface area (Å²) in [6.07, 6.45) is 0.191. The Kier molecular flexibility index (Phi) is 5.64. The molecule has 152 valence electrons. The Morgan fingerprint density at radius 1 is 1.00 bits per heavy atom. The third kappa shape index (κ3) is 4.59. The van der Waals surface area contributed by atoms with Gasteiger partial charge in [0.25, 0.3) is 0 Å². The Hall–Kier alpha value is -3.28. The van der Waals surface area contributed by atoms with E-state index in [1.165, 1.54) is 0 Å². The van der Waals surface area contributed by atoms with Crippen LogP contribution in [0.4, 0.5) is 5.69 Å². The van der Waals surface area contributed by atoms with Gasteiger partial charge in [-0.05, 0) is 40.8 Å². The van der Waals surface area contributed by atoms with Crippen molar-refractivity contribution in [3.8, 4) is 11.5 Å². The molecule has 0 spiro atoms. The molecule has 0 aliphatic rings. The van der Waals surface area contributed by atoms with Gasteiger partial charge in [0.05, 0.1) is 26.2 Å². The summed E-state index contributed by atoms with van der Waals surface area (Å²) in [4.78, 5) is 27.4. The van der Waals surface area contributed by atoms with Crippen molar-refractivity contribution >= 4 is 22.5 Å². The number of aromatic nitrogens is 1. The zero-order valence-electron chi connectivity index (χ0n) is 17.4. The summed E-state index contributed by atoms with van der Waals surface area (Å²) in [5.41, 5.74) is 2.79. The monoisotopic (exact) mass is 394 g/mol. The first-order valence-corrected chi connectivity index (χ1v) is 9.39. The fraction of sp³-hybridized carbons (Fsp3) is 0.304. The van der Waals surface area contributed by atoms with Crippen molar-refractivity contribution in [3.63, 3.8) is 0 Å². The van der Waals surface area contributed by atoms with E-state index < -0.39 is 0 Å². The van der Waals surface area contributed by atoms with E-state index in [0.29, 0.717) is 22.7 Å². The summed E-state index contributed by atoms with van der Waals surface area (Å²) < 4.78 is 10.5. The molecule has 0 fully saturated rings. The molecule has 2 aromatic carbocycles. The van der Waals surface area contributed by atoms with Crippen LogP contribution in [0.3, 0.4) is 0 Å². The number of rotatable bonds is 5. The van der Waals surface area contributed by atoms with E-state index in [2.05, 4.69) is 31.1 Å². The van der Waals surface area contributed by atoms with Gasteiger partial charge in [-0.15, -0.1) is 0 Å². The molecule has 0 saturated carbocycles. The van der Waals surface area contributed by atoms with Crippen LogP contribution in [0.5, 0.6) is 11.5 Å². The van der Waals surface area contributed by atoms with Crippen LogP contribution in [0.2, 0.25) is 0 Å². The average molecular weight is 394 g/mol. The number of hydrogen-bond acceptors (Lipinski definition) is 4. The van der Waals surface area contributed by atoms with Crippen LogP contribution in [-0.2, 0) is 16.6 Å². The molecule has 0 atom stereocenters. The number of H-pyrrole nitrogens is 1. The molecule has 0 unspecified atom stereocenters. The number of carbonyl (C=O) groups excluding carboxylic acids is 1. The number of carbonyl (C=O) groups is 1. The molecule has 1 amide bonds. The molecule has 2 N–H and O–H groups in total. The van der Waals surface area contributed by atoms with E-state index in [1.807, 2.05) is 18.2 Å². The standard InChI is InChI=1S/C23H26N2O4/c1-23(2,3)17-13-22(27)25-18-12-15(7-8-16(17)18)24-21(26)11-14-6-9-19(28-4)20(10-14)29-5/h6-10,12-13H,11H2,1-5H3,(H,24,26)(H,25,27). The summed E-state index contributed by atoms with van der Waals surface area (Å²) in [6.45, 7) is 6.21. The number of hydrogen-bond donors (Lipinski definition) is 2. The average Bonchev–Trinajstić information content (AvgIpc) is 2.66. The van der Waals surface area contributed by atoms with Gasteiger partial charge in [-0.25, -0.2) is 0 Å². The molecule has 6 nitrogen and oxygen atoms in total. The van der Waals surface area contributed by atoms with Crippen LogP contribution in [0.25, 0.3) is 10.9 Å². The number of fused-ring (bicyclic) bond motifs is 1. The lowest BCUT2D eigenvalue weighted by atomic mass is 9.85. The minimum Gasteiger partial charge on any atom is -0.493 e. The SMILES string of the molecule is COc1ccc(CC(=O)Nc2ccc3c(C(C)(C)C)cc(=O)[nH]c3c2)cc1OC. The van der Waals surface area contributed by atoms with Crippen molar-refractivity contribution < 1.29 is 14.3 Å². The maximum Gasteiger partial charge on any atom is 0.248 e. The molecule has 0 aliphatic carbocycles. The predicted molar refractivity (Wildman–Crippen MR) is 115 cm³/mol. The number of amides is 1. The van der Waals surface area contributed by atoms with Gasteiger partial charge < -0.3 is 19.8 Å².